The van der Waals surface area contributed by atoms with E-state index >= 15 is 0 Å². The molecule has 1 aromatic carbocycles. The lowest BCUT2D eigenvalue weighted by Crippen LogP contribution is -2.43. The maximum Gasteiger partial charge on any atom is 0.274 e. The fourth-order valence-corrected chi connectivity index (χ4v) is 3.96. The number of hydrogen-bond donors (Lipinski definition) is 2. The Morgan fingerprint density at radius 3 is 2.85 bits per heavy atom. The van der Waals surface area contributed by atoms with E-state index in [2.05, 4.69) is 15.3 Å². The molecule has 0 unspecified atom stereocenters. The van der Waals surface area contributed by atoms with Crippen molar-refractivity contribution < 1.29 is 9.18 Å². The number of thioether (sulfide) groups is 1. The van der Waals surface area contributed by atoms with Gasteiger partial charge in [-0.25, -0.2) is 14.4 Å². The smallest absolute Gasteiger partial charge is 0.274 e. The average Bonchev–Trinajstić information content (AvgIpc) is 2.66. The van der Waals surface area contributed by atoms with Crippen LogP contribution in [0.1, 0.15) is 35.5 Å². The molecule has 0 saturated carbocycles. The number of nitrogens with zero attached hydrogens (tertiary/aromatic N) is 3. The minimum absolute atomic E-state index is 0.180. The molecule has 3 rings (SSSR count). The number of halogens is 1. The number of anilines is 1. The van der Waals surface area contributed by atoms with Crippen LogP contribution in [0.3, 0.4) is 0 Å². The number of pyridine rings is 1. The van der Waals surface area contributed by atoms with Crippen LogP contribution < -0.4 is 11.1 Å². The minimum Gasteiger partial charge on any atom is -0.379 e. The van der Waals surface area contributed by atoms with Crippen molar-refractivity contribution in [1.29, 1.82) is 5.26 Å². The molecule has 0 spiro atoms. The molecule has 0 saturated heterocycles. The first kappa shape index (κ1) is 18.9. The molecule has 27 heavy (non-hydrogen) atoms. The van der Waals surface area contributed by atoms with E-state index in [1.54, 1.807) is 38.1 Å². The molecule has 8 heteroatoms. The molecule has 0 radical (unpaired) electrons. The van der Waals surface area contributed by atoms with Crippen LogP contribution in [0.25, 0.3) is 0 Å². The van der Waals surface area contributed by atoms with Crippen molar-refractivity contribution >= 4 is 28.5 Å². The fourth-order valence-electron chi connectivity index (χ4n) is 2.95. The molecule has 1 aromatic heterocycles. The van der Waals surface area contributed by atoms with Gasteiger partial charge >= 0.3 is 0 Å². The maximum atomic E-state index is 14.9. The fraction of sp³-hybridized carbons (Fsp3) is 0.263. The van der Waals surface area contributed by atoms with Crippen LogP contribution in [0.4, 0.5) is 10.1 Å². The predicted molar refractivity (Wildman–Crippen MR) is 104 cm³/mol. The molecule has 1 aliphatic heterocycles. The van der Waals surface area contributed by atoms with E-state index in [0.717, 1.165) is 0 Å². The third kappa shape index (κ3) is 3.78. The lowest BCUT2D eigenvalue weighted by molar-refractivity contribution is 0.102. The summed E-state index contributed by atoms with van der Waals surface area (Å²) in [5.41, 5.74) is 6.41. The summed E-state index contributed by atoms with van der Waals surface area (Å²) >= 11 is 1.21. The van der Waals surface area contributed by atoms with E-state index in [4.69, 9.17) is 11.0 Å². The van der Waals surface area contributed by atoms with Crippen molar-refractivity contribution in [3.63, 3.8) is 0 Å². The van der Waals surface area contributed by atoms with Crippen LogP contribution in [0, 0.1) is 11.3 Å². The van der Waals surface area contributed by atoms with Crippen molar-refractivity contribution in [1.82, 2.24) is 4.98 Å². The van der Waals surface area contributed by atoms with Crippen LogP contribution in [0.2, 0.25) is 0 Å². The Morgan fingerprint density at radius 2 is 2.19 bits per heavy atom. The normalized spacial score (nSPS) is 24.6. The van der Waals surface area contributed by atoms with E-state index in [1.807, 2.05) is 6.07 Å². The molecule has 6 nitrogen and oxygen atoms in total. The zero-order valence-corrected chi connectivity index (χ0v) is 15.6. The number of carbonyl (C=O) groups is 1. The second kappa shape index (κ2) is 7.37. The number of nitrogens with one attached hydrogen (secondary N) is 1. The summed E-state index contributed by atoms with van der Waals surface area (Å²) < 4.78 is 14.9. The van der Waals surface area contributed by atoms with Crippen LogP contribution >= 0.6 is 11.8 Å². The van der Waals surface area contributed by atoms with Gasteiger partial charge in [-0.2, -0.15) is 5.26 Å². The zero-order valence-electron chi connectivity index (χ0n) is 14.8. The predicted octanol–water partition coefficient (Wildman–Crippen LogP) is 3.21. The van der Waals surface area contributed by atoms with Gasteiger partial charge < -0.3 is 11.1 Å². The SMILES string of the molecule is C[C@H]1SC(N)=N[C@](C)(c2cccc(NC(=O)c3ccc(C#N)cn3)c2)[C@H]1F. The Morgan fingerprint density at radius 1 is 1.41 bits per heavy atom. The van der Waals surface area contributed by atoms with Gasteiger partial charge in [0.05, 0.1) is 5.56 Å². The van der Waals surface area contributed by atoms with E-state index in [0.29, 0.717) is 22.0 Å². The number of hydrogen-bond acceptors (Lipinski definition) is 6. The van der Waals surface area contributed by atoms with Crippen LogP contribution in [0.5, 0.6) is 0 Å². The van der Waals surface area contributed by atoms with Gasteiger partial charge in [0.25, 0.3) is 5.91 Å². The summed E-state index contributed by atoms with van der Waals surface area (Å²) in [5, 5.41) is 11.6. The summed E-state index contributed by atoms with van der Waals surface area (Å²) in [4.78, 5) is 20.7. The monoisotopic (exact) mass is 383 g/mol. The van der Waals surface area contributed by atoms with Crippen molar-refractivity contribution in [2.45, 2.75) is 30.8 Å². The van der Waals surface area contributed by atoms with E-state index < -0.39 is 17.6 Å². The first-order valence-electron chi connectivity index (χ1n) is 8.27. The number of carbonyl (C=O) groups excluding carboxylic acids is 1. The quantitative estimate of drug-likeness (QED) is 0.847. The number of nitriles is 1. The van der Waals surface area contributed by atoms with Gasteiger partial charge in [-0.3, -0.25) is 4.79 Å². The zero-order chi connectivity index (χ0) is 19.6. The number of benzene rings is 1. The highest BCUT2D eigenvalue weighted by Crippen LogP contribution is 2.41. The number of amides is 1. The van der Waals surface area contributed by atoms with Crippen molar-refractivity contribution in [2.75, 3.05) is 5.32 Å². The standard InChI is InChI=1S/C19H18FN5OS/c1-11-16(20)19(2,25-18(22)27-11)13-4-3-5-14(8-13)24-17(26)15-7-6-12(9-21)10-23-15/h3-8,10-11,16H,1-2H3,(H2,22,25)(H,24,26)/t11-,16+,19-/m1/s1. The average molecular weight is 383 g/mol. The first-order chi connectivity index (χ1) is 12.8. The Bertz CT molecular complexity index is 940. The number of aromatic nitrogens is 1. The van der Waals surface area contributed by atoms with Gasteiger partial charge in [-0.15, -0.1) is 0 Å². The van der Waals surface area contributed by atoms with Gasteiger partial charge in [0.2, 0.25) is 0 Å². The molecule has 2 aromatic rings. The molecule has 2 heterocycles. The molecule has 138 valence electrons. The lowest BCUT2D eigenvalue weighted by Gasteiger charge is -2.37. The van der Waals surface area contributed by atoms with E-state index in [1.165, 1.54) is 30.1 Å². The number of aliphatic imine (C=N–C) groups is 1. The summed E-state index contributed by atoms with van der Waals surface area (Å²) in [7, 11) is 0. The molecule has 1 amide bonds. The Balaban J connectivity index is 1.86. The maximum absolute atomic E-state index is 14.9. The molecule has 3 atom stereocenters. The summed E-state index contributed by atoms with van der Waals surface area (Å²) in [6.45, 7) is 3.47. The van der Waals surface area contributed by atoms with E-state index in [-0.39, 0.29) is 10.9 Å². The summed E-state index contributed by atoms with van der Waals surface area (Å²) in [5.74, 6) is -0.422. The summed E-state index contributed by atoms with van der Waals surface area (Å²) in [6.07, 6.45) is 0.111. The Labute approximate surface area is 160 Å². The molecular weight excluding hydrogens is 365 g/mol. The topological polar surface area (TPSA) is 104 Å². The second-order valence-electron chi connectivity index (χ2n) is 6.40. The van der Waals surface area contributed by atoms with Gasteiger partial charge in [0.1, 0.15) is 23.5 Å². The van der Waals surface area contributed by atoms with Crippen LogP contribution in [0.15, 0.2) is 47.6 Å². The third-order valence-electron chi connectivity index (χ3n) is 4.43. The van der Waals surface area contributed by atoms with Crippen LogP contribution in [-0.4, -0.2) is 27.5 Å². The minimum atomic E-state index is -1.22. The molecule has 0 fully saturated rings. The lowest BCUT2D eigenvalue weighted by atomic mass is 9.86. The highest BCUT2D eigenvalue weighted by Gasteiger charge is 2.43. The number of nitrogens with two attached hydrogens (primary N) is 1. The van der Waals surface area contributed by atoms with E-state index in [9.17, 15) is 9.18 Å². The molecule has 0 aliphatic carbocycles. The highest BCUT2D eigenvalue weighted by molar-refractivity contribution is 8.14. The first-order valence-corrected chi connectivity index (χ1v) is 9.15. The largest absolute Gasteiger partial charge is 0.379 e. The number of amidine groups is 1. The summed E-state index contributed by atoms with van der Waals surface area (Å²) in [6, 6.07) is 11.8. The third-order valence-corrected chi connectivity index (χ3v) is 5.37. The number of alkyl halides is 1. The Hall–Kier alpha value is -2.92. The van der Waals surface area contributed by atoms with Gasteiger partial charge in [0.15, 0.2) is 5.17 Å². The van der Waals surface area contributed by atoms with Crippen LogP contribution in [-0.2, 0) is 5.54 Å². The van der Waals surface area contributed by atoms with Gasteiger partial charge in [0, 0.05) is 17.1 Å². The number of rotatable bonds is 3. The van der Waals surface area contributed by atoms with Crippen molar-refractivity contribution in [3.8, 4) is 6.07 Å². The molecule has 0 bridgehead atoms. The molecule has 3 N–H and O–H groups in total. The van der Waals surface area contributed by atoms with Gasteiger partial charge in [-0.1, -0.05) is 23.9 Å². The Kier molecular flexibility index (Phi) is 5.15. The van der Waals surface area contributed by atoms with Crippen molar-refractivity contribution in [2.24, 2.45) is 10.7 Å². The van der Waals surface area contributed by atoms with Crippen molar-refractivity contribution in [3.05, 3.63) is 59.4 Å². The highest BCUT2D eigenvalue weighted by atomic mass is 32.2. The second-order valence-corrected chi connectivity index (χ2v) is 7.80. The molecule has 1 aliphatic rings. The van der Waals surface area contributed by atoms with Gasteiger partial charge in [-0.05, 0) is 43.7 Å². The molecular formula is C19H18FN5OS.